The largest absolute Gasteiger partial charge is 0.462 e. The van der Waals surface area contributed by atoms with Crippen LogP contribution in [0.3, 0.4) is 0 Å². The lowest BCUT2D eigenvalue weighted by molar-refractivity contribution is 0.0480. The molecule has 4 nitrogen and oxygen atoms in total. The van der Waals surface area contributed by atoms with E-state index in [0.717, 1.165) is 5.56 Å². The second-order valence-electron chi connectivity index (χ2n) is 3.12. The van der Waals surface area contributed by atoms with E-state index in [1.807, 2.05) is 0 Å². The minimum Gasteiger partial charge on any atom is -0.462 e. The smallest absolute Gasteiger partial charge is 0.338 e. The van der Waals surface area contributed by atoms with Crippen molar-refractivity contribution in [1.82, 2.24) is 0 Å². The summed E-state index contributed by atoms with van der Waals surface area (Å²) in [6.07, 6.45) is 0.695. The number of primary amides is 1. The van der Waals surface area contributed by atoms with Gasteiger partial charge in [-0.25, -0.2) is 4.79 Å². The summed E-state index contributed by atoms with van der Waals surface area (Å²) in [4.78, 5) is 22.1. The van der Waals surface area contributed by atoms with E-state index in [4.69, 9.17) is 10.5 Å². The Morgan fingerprint density at radius 3 is 2.93 bits per heavy atom. The standard InChI is InChI=1S/C10H9NO3/c11-9(12)7-2-1-6-3-4-14-10(13)8(6)5-7/h1-2,5H,3-4H2,(H2,11,12). The molecule has 72 valence electrons. The molecular weight excluding hydrogens is 182 g/mol. The SMILES string of the molecule is NC(=O)c1ccc2c(c1)C(=O)OCC2. The van der Waals surface area contributed by atoms with Crippen LogP contribution >= 0.6 is 0 Å². The summed E-state index contributed by atoms with van der Waals surface area (Å²) >= 11 is 0. The molecule has 1 amide bonds. The van der Waals surface area contributed by atoms with Crippen LogP contribution in [0, 0.1) is 0 Å². The van der Waals surface area contributed by atoms with Gasteiger partial charge < -0.3 is 10.5 Å². The quantitative estimate of drug-likeness (QED) is 0.657. The topological polar surface area (TPSA) is 69.4 Å². The van der Waals surface area contributed by atoms with Gasteiger partial charge in [0.1, 0.15) is 0 Å². The average Bonchev–Trinajstić information content (AvgIpc) is 2.18. The highest BCUT2D eigenvalue weighted by Crippen LogP contribution is 2.18. The van der Waals surface area contributed by atoms with Gasteiger partial charge in [0.2, 0.25) is 5.91 Å². The fourth-order valence-corrected chi connectivity index (χ4v) is 1.47. The van der Waals surface area contributed by atoms with Gasteiger partial charge in [0.05, 0.1) is 12.2 Å². The van der Waals surface area contributed by atoms with E-state index in [1.54, 1.807) is 12.1 Å². The normalized spacial score (nSPS) is 14.4. The number of amides is 1. The molecule has 1 aromatic carbocycles. The number of rotatable bonds is 1. The Morgan fingerprint density at radius 1 is 1.43 bits per heavy atom. The zero-order chi connectivity index (χ0) is 10.1. The molecule has 1 heterocycles. The van der Waals surface area contributed by atoms with E-state index in [-0.39, 0.29) is 5.97 Å². The molecule has 1 aromatic rings. The molecule has 0 bridgehead atoms. The second-order valence-corrected chi connectivity index (χ2v) is 3.12. The van der Waals surface area contributed by atoms with Gasteiger partial charge >= 0.3 is 5.97 Å². The van der Waals surface area contributed by atoms with Crippen LogP contribution in [0.4, 0.5) is 0 Å². The number of carbonyl (C=O) groups is 2. The molecule has 0 aromatic heterocycles. The molecule has 0 spiro atoms. The van der Waals surface area contributed by atoms with E-state index >= 15 is 0 Å². The molecule has 1 aliphatic heterocycles. The number of fused-ring (bicyclic) bond motifs is 1. The first-order valence-electron chi connectivity index (χ1n) is 4.28. The molecular formula is C10H9NO3. The summed E-state index contributed by atoms with van der Waals surface area (Å²) in [6.45, 7) is 0.405. The monoisotopic (exact) mass is 191 g/mol. The summed E-state index contributed by atoms with van der Waals surface area (Å²) < 4.78 is 4.85. The lowest BCUT2D eigenvalue weighted by Gasteiger charge is -2.15. The van der Waals surface area contributed by atoms with Crippen molar-refractivity contribution in [3.8, 4) is 0 Å². The molecule has 0 saturated carbocycles. The second kappa shape index (κ2) is 3.14. The fraction of sp³-hybridized carbons (Fsp3) is 0.200. The van der Waals surface area contributed by atoms with Gasteiger partial charge in [-0.05, 0) is 17.7 Å². The van der Waals surface area contributed by atoms with Gasteiger partial charge in [0.25, 0.3) is 0 Å². The molecule has 14 heavy (non-hydrogen) atoms. The van der Waals surface area contributed by atoms with Gasteiger partial charge in [-0.3, -0.25) is 4.79 Å². The number of carbonyl (C=O) groups excluding carboxylic acids is 2. The maximum Gasteiger partial charge on any atom is 0.338 e. The third-order valence-corrected chi connectivity index (χ3v) is 2.22. The molecule has 4 heteroatoms. The van der Waals surface area contributed by atoms with Crippen LogP contribution in [0.2, 0.25) is 0 Å². The number of cyclic esters (lactones) is 1. The van der Waals surface area contributed by atoms with Crippen LogP contribution in [-0.2, 0) is 11.2 Å². The van der Waals surface area contributed by atoms with E-state index < -0.39 is 5.91 Å². The Bertz CT molecular complexity index is 412. The van der Waals surface area contributed by atoms with E-state index in [9.17, 15) is 9.59 Å². The highest BCUT2D eigenvalue weighted by molar-refractivity contribution is 5.98. The summed E-state index contributed by atoms with van der Waals surface area (Å²) in [5.74, 6) is -0.916. The Balaban J connectivity index is 2.51. The van der Waals surface area contributed by atoms with Crippen molar-refractivity contribution in [3.63, 3.8) is 0 Å². The van der Waals surface area contributed by atoms with Crippen molar-refractivity contribution < 1.29 is 14.3 Å². The summed E-state index contributed by atoms with van der Waals surface area (Å²) in [5.41, 5.74) is 6.80. The maximum absolute atomic E-state index is 11.3. The Hall–Kier alpha value is -1.84. The number of nitrogens with two attached hydrogens (primary N) is 1. The predicted octanol–water partition coefficient (Wildman–Crippen LogP) is 0.498. The van der Waals surface area contributed by atoms with E-state index in [2.05, 4.69) is 0 Å². The van der Waals surface area contributed by atoms with Crippen LogP contribution in [0.15, 0.2) is 18.2 Å². The van der Waals surface area contributed by atoms with E-state index in [0.29, 0.717) is 24.2 Å². The lowest BCUT2D eigenvalue weighted by Crippen LogP contribution is -2.19. The average molecular weight is 191 g/mol. The number of hydrogen-bond acceptors (Lipinski definition) is 3. The van der Waals surface area contributed by atoms with Gasteiger partial charge in [-0.1, -0.05) is 6.07 Å². The first-order valence-corrected chi connectivity index (χ1v) is 4.28. The third kappa shape index (κ3) is 1.35. The maximum atomic E-state index is 11.3. The van der Waals surface area contributed by atoms with Crippen LogP contribution in [0.1, 0.15) is 26.3 Å². The van der Waals surface area contributed by atoms with Crippen LogP contribution < -0.4 is 5.73 Å². The minimum atomic E-state index is -0.536. The molecule has 0 fully saturated rings. The number of esters is 1. The molecule has 0 saturated heterocycles. The zero-order valence-corrected chi connectivity index (χ0v) is 7.45. The number of hydrogen-bond donors (Lipinski definition) is 1. The van der Waals surface area contributed by atoms with E-state index in [1.165, 1.54) is 6.07 Å². The summed E-state index contributed by atoms with van der Waals surface area (Å²) in [6, 6.07) is 4.86. The fourth-order valence-electron chi connectivity index (χ4n) is 1.47. The number of benzene rings is 1. The molecule has 1 aliphatic rings. The van der Waals surface area contributed by atoms with Crippen molar-refractivity contribution in [2.75, 3.05) is 6.61 Å². The van der Waals surface area contributed by atoms with Gasteiger partial charge in [-0.2, -0.15) is 0 Å². The zero-order valence-electron chi connectivity index (χ0n) is 7.45. The molecule has 0 unspecified atom stereocenters. The molecule has 0 aliphatic carbocycles. The van der Waals surface area contributed by atoms with Crippen molar-refractivity contribution in [2.24, 2.45) is 5.73 Å². The molecule has 0 atom stereocenters. The summed E-state index contributed by atoms with van der Waals surface area (Å²) in [7, 11) is 0. The van der Waals surface area contributed by atoms with Crippen molar-refractivity contribution in [2.45, 2.75) is 6.42 Å². The van der Waals surface area contributed by atoms with Crippen molar-refractivity contribution in [3.05, 3.63) is 34.9 Å². The highest BCUT2D eigenvalue weighted by Gasteiger charge is 2.19. The predicted molar refractivity (Wildman–Crippen MR) is 48.9 cm³/mol. The Kier molecular flexibility index (Phi) is 1.96. The van der Waals surface area contributed by atoms with Gasteiger partial charge in [-0.15, -0.1) is 0 Å². The Labute approximate surface area is 80.7 Å². The van der Waals surface area contributed by atoms with Crippen LogP contribution in [0.25, 0.3) is 0 Å². The third-order valence-electron chi connectivity index (χ3n) is 2.22. The number of ether oxygens (including phenoxy) is 1. The minimum absolute atomic E-state index is 0.336. The molecule has 2 N–H and O–H groups in total. The summed E-state index contributed by atoms with van der Waals surface area (Å²) in [5, 5.41) is 0. The van der Waals surface area contributed by atoms with Gasteiger partial charge in [0, 0.05) is 12.0 Å². The Morgan fingerprint density at radius 2 is 2.21 bits per heavy atom. The molecule has 0 radical (unpaired) electrons. The molecule has 2 rings (SSSR count). The van der Waals surface area contributed by atoms with Crippen LogP contribution in [0.5, 0.6) is 0 Å². The highest BCUT2D eigenvalue weighted by atomic mass is 16.5. The lowest BCUT2D eigenvalue weighted by atomic mass is 10.00. The van der Waals surface area contributed by atoms with Crippen LogP contribution in [-0.4, -0.2) is 18.5 Å². The van der Waals surface area contributed by atoms with Crippen molar-refractivity contribution in [1.29, 1.82) is 0 Å². The first-order chi connectivity index (χ1) is 6.68. The first kappa shape index (κ1) is 8.74. The van der Waals surface area contributed by atoms with Gasteiger partial charge in [0.15, 0.2) is 0 Å². The van der Waals surface area contributed by atoms with Crippen molar-refractivity contribution >= 4 is 11.9 Å².